The van der Waals surface area contributed by atoms with Crippen LogP contribution in [0, 0.1) is 18.8 Å². The van der Waals surface area contributed by atoms with Gasteiger partial charge in [0, 0.05) is 45.5 Å². The zero-order valence-electron chi connectivity index (χ0n) is 17.0. The number of nitrogens with zero attached hydrogens (tertiary/aromatic N) is 3. The van der Waals surface area contributed by atoms with Gasteiger partial charge in [0.15, 0.2) is 5.96 Å². The van der Waals surface area contributed by atoms with Crippen molar-refractivity contribution in [1.82, 2.24) is 14.8 Å². The maximum absolute atomic E-state index is 11.9. The first-order valence-electron chi connectivity index (χ1n) is 10.1. The summed E-state index contributed by atoms with van der Waals surface area (Å²) in [6.45, 7) is 7.11. The molecule has 0 unspecified atom stereocenters. The lowest BCUT2D eigenvalue weighted by molar-refractivity contribution is 0.250. The fraction of sp³-hybridized carbons (Fsp3) is 0.714. The van der Waals surface area contributed by atoms with Crippen molar-refractivity contribution in [2.24, 2.45) is 16.8 Å². The van der Waals surface area contributed by atoms with Crippen molar-refractivity contribution in [2.45, 2.75) is 58.9 Å². The number of nitrogens with one attached hydrogen (secondary N) is 1. The van der Waals surface area contributed by atoms with E-state index in [0.717, 1.165) is 56.0 Å². The molecule has 2 rings (SSSR count). The zero-order chi connectivity index (χ0) is 18.9. The van der Waals surface area contributed by atoms with Gasteiger partial charge in [-0.25, -0.2) is 0 Å². The highest BCUT2D eigenvalue weighted by atomic mass is 16.1. The van der Waals surface area contributed by atoms with E-state index in [1.165, 1.54) is 25.7 Å². The zero-order valence-corrected chi connectivity index (χ0v) is 17.0. The third-order valence-electron chi connectivity index (χ3n) is 5.60. The first kappa shape index (κ1) is 20.5. The average Bonchev–Trinajstić information content (AvgIpc) is 2.62. The largest absolute Gasteiger partial charge is 0.356 e. The molecule has 0 aromatic carbocycles. The quantitative estimate of drug-likeness (QED) is 0.461. The lowest BCUT2D eigenvalue weighted by atomic mass is 9.83. The van der Waals surface area contributed by atoms with Gasteiger partial charge in [0.2, 0.25) is 0 Å². The van der Waals surface area contributed by atoms with Crippen LogP contribution in [0.15, 0.2) is 28.0 Å². The molecule has 5 nitrogen and oxygen atoms in total. The Hall–Kier alpha value is -1.78. The summed E-state index contributed by atoms with van der Waals surface area (Å²) in [6.07, 6.45) is 7.42. The smallest absolute Gasteiger partial charge is 0.250 e. The highest BCUT2D eigenvalue weighted by Gasteiger charge is 2.20. The van der Waals surface area contributed by atoms with Gasteiger partial charge < -0.3 is 14.8 Å². The highest BCUT2D eigenvalue weighted by molar-refractivity contribution is 5.79. The van der Waals surface area contributed by atoms with Gasteiger partial charge in [-0.15, -0.1) is 0 Å². The molecule has 1 aromatic rings. The molecule has 0 saturated heterocycles. The molecular weight excluding hydrogens is 324 g/mol. The third kappa shape index (κ3) is 6.19. The molecule has 0 bridgehead atoms. The second-order valence-corrected chi connectivity index (χ2v) is 7.84. The van der Waals surface area contributed by atoms with Crippen LogP contribution in [0.4, 0.5) is 0 Å². The molecule has 0 amide bonds. The van der Waals surface area contributed by atoms with Crippen molar-refractivity contribution in [2.75, 3.05) is 27.2 Å². The molecule has 26 heavy (non-hydrogen) atoms. The summed E-state index contributed by atoms with van der Waals surface area (Å²) in [4.78, 5) is 18.6. The van der Waals surface area contributed by atoms with Crippen LogP contribution in [0.25, 0.3) is 0 Å². The average molecular weight is 361 g/mol. The summed E-state index contributed by atoms with van der Waals surface area (Å²) in [5, 5.41) is 3.47. The van der Waals surface area contributed by atoms with E-state index in [1.54, 1.807) is 6.07 Å². The Bertz CT molecular complexity index is 629. The number of aliphatic imine (C=N–C) groups is 1. The topological polar surface area (TPSA) is 49.6 Å². The number of pyridine rings is 1. The molecule has 1 fully saturated rings. The molecule has 146 valence electrons. The molecule has 1 aliphatic rings. The van der Waals surface area contributed by atoms with Crippen LogP contribution >= 0.6 is 0 Å². The van der Waals surface area contributed by atoms with E-state index in [2.05, 4.69) is 29.2 Å². The fourth-order valence-corrected chi connectivity index (χ4v) is 3.88. The van der Waals surface area contributed by atoms with Crippen LogP contribution in [0.1, 0.15) is 51.1 Å². The van der Waals surface area contributed by atoms with E-state index < -0.39 is 0 Å². The number of hydrogen-bond donors (Lipinski definition) is 1. The van der Waals surface area contributed by atoms with E-state index in [9.17, 15) is 4.79 Å². The summed E-state index contributed by atoms with van der Waals surface area (Å²) in [6, 6.07) is 5.44. The fourth-order valence-electron chi connectivity index (χ4n) is 3.88. The summed E-state index contributed by atoms with van der Waals surface area (Å²) in [7, 11) is 3.99. The van der Waals surface area contributed by atoms with Crippen LogP contribution in [0.3, 0.4) is 0 Å². The second-order valence-electron chi connectivity index (χ2n) is 7.84. The van der Waals surface area contributed by atoms with Crippen LogP contribution in [0.5, 0.6) is 0 Å². The Morgan fingerprint density at radius 3 is 2.65 bits per heavy atom. The maximum Gasteiger partial charge on any atom is 0.250 e. The van der Waals surface area contributed by atoms with Gasteiger partial charge in [-0.1, -0.05) is 25.8 Å². The van der Waals surface area contributed by atoms with Gasteiger partial charge >= 0.3 is 0 Å². The van der Waals surface area contributed by atoms with Crippen molar-refractivity contribution >= 4 is 5.96 Å². The summed E-state index contributed by atoms with van der Waals surface area (Å²) < 4.78 is 1.85. The van der Waals surface area contributed by atoms with Crippen LogP contribution in [0.2, 0.25) is 0 Å². The van der Waals surface area contributed by atoms with Crippen LogP contribution in [-0.2, 0) is 6.54 Å². The van der Waals surface area contributed by atoms with Crippen LogP contribution in [-0.4, -0.2) is 42.6 Å². The van der Waals surface area contributed by atoms with E-state index in [4.69, 9.17) is 0 Å². The standard InChI is InChI=1S/C21H36N4O/c1-17-10-12-19(13-11-17)16-24(4)21(22-3)23-14-5-6-15-25-18(2)8-7-9-20(25)26/h7-9,17,19H,5-6,10-16H2,1-4H3,(H,22,23). The predicted octanol–water partition coefficient (Wildman–Crippen LogP) is 3.27. The van der Waals surface area contributed by atoms with Crippen molar-refractivity contribution < 1.29 is 0 Å². The van der Waals surface area contributed by atoms with Crippen molar-refractivity contribution in [1.29, 1.82) is 0 Å². The van der Waals surface area contributed by atoms with E-state index in [-0.39, 0.29) is 5.56 Å². The second kappa shape index (κ2) is 10.4. The molecule has 0 aliphatic heterocycles. The van der Waals surface area contributed by atoms with Crippen molar-refractivity contribution in [3.63, 3.8) is 0 Å². The molecule has 0 spiro atoms. The van der Waals surface area contributed by atoms with Crippen molar-refractivity contribution in [3.8, 4) is 0 Å². The molecule has 5 heteroatoms. The number of aryl methyl sites for hydroxylation is 1. The number of rotatable bonds is 7. The summed E-state index contributed by atoms with van der Waals surface area (Å²) in [5.74, 6) is 2.68. The lowest BCUT2D eigenvalue weighted by Gasteiger charge is -2.31. The Morgan fingerprint density at radius 2 is 2.00 bits per heavy atom. The molecule has 0 radical (unpaired) electrons. The van der Waals surface area contributed by atoms with Gasteiger partial charge in [0.25, 0.3) is 5.56 Å². The Labute approximate surface area is 158 Å². The Balaban J connectivity index is 1.69. The Morgan fingerprint density at radius 1 is 1.27 bits per heavy atom. The minimum absolute atomic E-state index is 0.0929. The van der Waals surface area contributed by atoms with Crippen LogP contribution < -0.4 is 10.9 Å². The van der Waals surface area contributed by atoms with Gasteiger partial charge in [-0.2, -0.15) is 0 Å². The van der Waals surface area contributed by atoms with E-state index in [1.807, 2.05) is 30.7 Å². The molecule has 1 aliphatic carbocycles. The summed E-state index contributed by atoms with van der Waals surface area (Å²) >= 11 is 0. The number of unbranched alkanes of at least 4 members (excludes halogenated alkanes) is 1. The predicted molar refractivity (Wildman–Crippen MR) is 110 cm³/mol. The van der Waals surface area contributed by atoms with Gasteiger partial charge in [0.1, 0.15) is 0 Å². The number of aromatic nitrogens is 1. The molecule has 1 aromatic heterocycles. The van der Waals surface area contributed by atoms with E-state index >= 15 is 0 Å². The first-order valence-corrected chi connectivity index (χ1v) is 10.1. The molecule has 1 heterocycles. The maximum atomic E-state index is 11.9. The minimum atomic E-state index is 0.0929. The Kier molecular flexibility index (Phi) is 8.20. The minimum Gasteiger partial charge on any atom is -0.356 e. The molecule has 1 N–H and O–H groups in total. The number of guanidine groups is 1. The third-order valence-corrected chi connectivity index (χ3v) is 5.60. The van der Waals surface area contributed by atoms with Gasteiger partial charge in [-0.3, -0.25) is 9.79 Å². The SMILES string of the molecule is CN=C(NCCCCn1c(C)cccc1=O)N(C)CC1CCC(C)CC1. The van der Waals surface area contributed by atoms with Gasteiger partial charge in [0.05, 0.1) is 0 Å². The summed E-state index contributed by atoms with van der Waals surface area (Å²) in [5.41, 5.74) is 1.12. The number of hydrogen-bond acceptors (Lipinski definition) is 2. The first-order chi connectivity index (χ1) is 12.5. The van der Waals surface area contributed by atoms with Crippen molar-refractivity contribution in [3.05, 3.63) is 34.2 Å². The van der Waals surface area contributed by atoms with Gasteiger partial charge in [-0.05, 0) is 50.5 Å². The van der Waals surface area contributed by atoms with E-state index in [0.29, 0.717) is 0 Å². The molecule has 0 atom stereocenters. The lowest BCUT2D eigenvalue weighted by Crippen LogP contribution is -2.42. The monoisotopic (exact) mass is 360 g/mol. The highest BCUT2D eigenvalue weighted by Crippen LogP contribution is 2.28. The molecule has 1 saturated carbocycles. The molecular formula is C21H36N4O. The normalized spacial score (nSPS) is 20.8.